The van der Waals surface area contributed by atoms with Crippen molar-refractivity contribution in [2.45, 2.75) is 6.92 Å². The van der Waals surface area contributed by atoms with Gasteiger partial charge in [-0.25, -0.2) is 0 Å². The summed E-state index contributed by atoms with van der Waals surface area (Å²) in [5.41, 5.74) is 1.08. The van der Waals surface area contributed by atoms with E-state index in [2.05, 4.69) is 0 Å². The smallest absolute Gasteiger partial charge is 0.104 e. The van der Waals surface area contributed by atoms with Gasteiger partial charge in [-0.2, -0.15) is 4.73 Å². The van der Waals surface area contributed by atoms with E-state index >= 15 is 0 Å². The van der Waals surface area contributed by atoms with E-state index in [9.17, 15) is 0 Å². The second-order valence-electron chi connectivity index (χ2n) is 1.73. The first-order valence-electron chi connectivity index (χ1n) is 2.89. The van der Waals surface area contributed by atoms with E-state index in [1.807, 2.05) is 31.7 Å². The van der Waals surface area contributed by atoms with Crippen molar-refractivity contribution in [2.75, 3.05) is 7.11 Å². The maximum Gasteiger partial charge on any atom is 0.104 e. The van der Waals surface area contributed by atoms with E-state index in [0.29, 0.717) is 0 Å². The Kier molecular flexibility index (Phi) is 1.78. The molecule has 0 amide bonds. The molecule has 0 spiro atoms. The maximum atomic E-state index is 4.96. The van der Waals surface area contributed by atoms with Crippen LogP contribution in [0.5, 0.6) is 0 Å². The van der Waals surface area contributed by atoms with Gasteiger partial charge in [-0.3, -0.25) is 0 Å². The van der Waals surface area contributed by atoms with Crippen molar-refractivity contribution in [3.05, 3.63) is 30.4 Å². The average Bonchev–Trinajstić information content (AvgIpc) is 2.33. The highest BCUT2D eigenvalue weighted by Gasteiger charge is 1.94. The summed E-state index contributed by atoms with van der Waals surface area (Å²) in [4.78, 5) is 4.96. The Balaban J connectivity index is 2.85. The molecule has 0 fully saturated rings. The number of hydrogen-bond acceptors (Lipinski definition) is 1. The molecule has 0 saturated carbocycles. The van der Waals surface area contributed by atoms with Crippen molar-refractivity contribution < 1.29 is 4.84 Å². The van der Waals surface area contributed by atoms with E-state index in [0.717, 1.165) is 5.69 Å². The van der Waals surface area contributed by atoms with Crippen LogP contribution in [0.15, 0.2) is 18.3 Å². The molecule has 1 rings (SSSR count). The monoisotopic (exact) mass is 124 g/mol. The Morgan fingerprint density at radius 2 is 2.44 bits per heavy atom. The molecule has 0 atom stereocenters. The highest BCUT2D eigenvalue weighted by Crippen LogP contribution is 2.00. The summed E-state index contributed by atoms with van der Waals surface area (Å²) in [5, 5.41) is 0. The predicted molar refractivity (Wildman–Crippen MR) is 36.0 cm³/mol. The van der Waals surface area contributed by atoms with Crippen molar-refractivity contribution in [3.63, 3.8) is 0 Å². The predicted octanol–water partition coefficient (Wildman–Crippen LogP) is 1.12. The van der Waals surface area contributed by atoms with Gasteiger partial charge in [-0.15, -0.1) is 0 Å². The standard InChI is InChI=1S/C7H10NO/c1-3-7-5-4-6-8(7)9-2/h3-6H,1-2H3. The van der Waals surface area contributed by atoms with Crippen molar-refractivity contribution in [2.24, 2.45) is 0 Å². The molecule has 0 aliphatic rings. The zero-order chi connectivity index (χ0) is 6.69. The minimum Gasteiger partial charge on any atom is -0.417 e. The summed E-state index contributed by atoms with van der Waals surface area (Å²) in [6, 6.07) is 3.93. The Hall–Kier alpha value is -0.920. The molecule has 1 heterocycles. The third-order valence-electron chi connectivity index (χ3n) is 1.24. The summed E-state index contributed by atoms with van der Waals surface area (Å²) in [6.45, 7) is 1.98. The Morgan fingerprint density at radius 1 is 1.67 bits per heavy atom. The van der Waals surface area contributed by atoms with Crippen LogP contribution in [0.3, 0.4) is 0 Å². The van der Waals surface area contributed by atoms with Gasteiger partial charge in [0.1, 0.15) is 7.11 Å². The number of nitrogens with zero attached hydrogens (tertiary/aromatic N) is 1. The highest BCUT2D eigenvalue weighted by molar-refractivity contribution is 5.13. The van der Waals surface area contributed by atoms with E-state index in [4.69, 9.17) is 4.84 Å². The fourth-order valence-corrected chi connectivity index (χ4v) is 0.769. The van der Waals surface area contributed by atoms with Gasteiger partial charge in [0, 0.05) is 12.6 Å². The maximum absolute atomic E-state index is 4.96. The molecular weight excluding hydrogens is 114 g/mol. The van der Waals surface area contributed by atoms with Crippen molar-refractivity contribution >= 4 is 0 Å². The van der Waals surface area contributed by atoms with Crippen LogP contribution >= 0.6 is 0 Å². The largest absolute Gasteiger partial charge is 0.417 e. The molecule has 0 unspecified atom stereocenters. The molecule has 1 radical (unpaired) electrons. The Morgan fingerprint density at radius 3 is 2.89 bits per heavy atom. The van der Waals surface area contributed by atoms with Crippen LogP contribution in [0.1, 0.15) is 12.6 Å². The molecule has 1 aromatic rings. The van der Waals surface area contributed by atoms with Crippen LogP contribution in [0.4, 0.5) is 0 Å². The summed E-state index contributed by atoms with van der Waals surface area (Å²) in [7, 11) is 1.65. The highest BCUT2D eigenvalue weighted by atomic mass is 16.6. The Bertz CT molecular complexity index is 162. The second kappa shape index (κ2) is 2.58. The van der Waals surface area contributed by atoms with Crippen LogP contribution in [-0.4, -0.2) is 11.8 Å². The van der Waals surface area contributed by atoms with Gasteiger partial charge in [-0.05, 0) is 12.1 Å². The number of hydrogen-bond donors (Lipinski definition) is 0. The van der Waals surface area contributed by atoms with Gasteiger partial charge in [0.25, 0.3) is 0 Å². The second-order valence-corrected chi connectivity index (χ2v) is 1.73. The van der Waals surface area contributed by atoms with Gasteiger partial charge in [0.15, 0.2) is 0 Å². The van der Waals surface area contributed by atoms with Gasteiger partial charge in [-0.1, -0.05) is 6.92 Å². The van der Waals surface area contributed by atoms with Crippen LogP contribution in [-0.2, 0) is 0 Å². The molecule has 0 N–H and O–H groups in total. The average molecular weight is 124 g/mol. The molecule has 2 nitrogen and oxygen atoms in total. The lowest BCUT2D eigenvalue weighted by Crippen LogP contribution is -2.06. The third kappa shape index (κ3) is 1.07. The first-order valence-corrected chi connectivity index (χ1v) is 2.89. The molecule has 2 heteroatoms. The van der Waals surface area contributed by atoms with Crippen molar-refractivity contribution in [1.29, 1.82) is 0 Å². The summed E-state index contributed by atoms with van der Waals surface area (Å²) >= 11 is 0. The van der Waals surface area contributed by atoms with E-state index < -0.39 is 0 Å². The molecule has 49 valence electrons. The van der Waals surface area contributed by atoms with Crippen LogP contribution in [0.25, 0.3) is 0 Å². The van der Waals surface area contributed by atoms with Crippen molar-refractivity contribution in [1.82, 2.24) is 4.73 Å². The van der Waals surface area contributed by atoms with Crippen molar-refractivity contribution in [3.8, 4) is 0 Å². The van der Waals surface area contributed by atoms with Gasteiger partial charge in [0.05, 0.1) is 5.69 Å². The molecule has 0 aliphatic carbocycles. The van der Waals surface area contributed by atoms with Crippen LogP contribution in [0.2, 0.25) is 0 Å². The molecule has 1 aromatic heterocycles. The zero-order valence-corrected chi connectivity index (χ0v) is 5.66. The molecular formula is C7H10NO. The molecule has 0 aromatic carbocycles. The van der Waals surface area contributed by atoms with E-state index in [1.165, 1.54) is 0 Å². The van der Waals surface area contributed by atoms with E-state index in [1.54, 1.807) is 11.8 Å². The molecule has 0 aliphatic heterocycles. The topological polar surface area (TPSA) is 14.2 Å². The minimum atomic E-state index is 1.08. The third-order valence-corrected chi connectivity index (χ3v) is 1.24. The lowest BCUT2D eigenvalue weighted by Gasteiger charge is -2.02. The summed E-state index contributed by atoms with van der Waals surface area (Å²) in [5.74, 6) is 0. The normalized spacial score (nSPS) is 9.56. The van der Waals surface area contributed by atoms with Crippen LogP contribution < -0.4 is 4.84 Å². The fraction of sp³-hybridized carbons (Fsp3) is 0.286. The SMILES string of the molecule is C[CH]c1cccn1OC. The quantitative estimate of drug-likeness (QED) is 0.576. The van der Waals surface area contributed by atoms with Gasteiger partial charge >= 0.3 is 0 Å². The minimum absolute atomic E-state index is 1.08. The zero-order valence-electron chi connectivity index (χ0n) is 5.66. The number of rotatable bonds is 2. The lowest BCUT2D eigenvalue weighted by molar-refractivity contribution is 0.164. The first kappa shape index (κ1) is 6.20. The Labute approximate surface area is 55.0 Å². The molecule has 0 saturated heterocycles. The van der Waals surface area contributed by atoms with Gasteiger partial charge in [0.2, 0.25) is 0 Å². The van der Waals surface area contributed by atoms with Gasteiger partial charge < -0.3 is 4.84 Å². The molecule has 0 bridgehead atoms. The fourth-order valence-electron chi connectivity index (χ4n) is 0.769. The molecule has 9 heavy (non-hydrogen) atoms. The lowest BCUT2D eigenvalue weighted by atomic mass is 10.3. The van der Waals surface area contributed by atoms with Crippen LogP contribution in [0, 0.1) is 6.42 Å². The summed E-state index contributed by atoms with van der Waals surface area (Å²) in [6.07, 6.45) is 3.86. The first-order chi connectivity index (χ1) is 4.38. The number of aromatic nitrogens is 1. The van der Waals surface area contributed by atoms with E-state index in [-0.39, 0.29) is 0 Å². The summed E-state index contributed by atoms with van der Waals surface area (Å²) < 4.78 is 1.71.